The zero-order valence-electron chi connectivity index (χ0n) is 39.8. The lowest BCUT2D eigenvalue weighted by Gasteiger charge is -2.37. The molecule has 0 spiro atoms. The highest BCUT2D eigenvalue weighted by Crippen LogP contribution is 2.14. The van der Waals surface area contributed by atoms with E-state index in [1.54, 1.807) is 0 Å². The highest BCUT2D eigenvalue weighted by Gasteiger charge is 2.26. The Bertz CT molecular complexity index is 957. The first-order chi connectivity index (χ1) is 28.8. The van der Waals surface area contributed by atoms with E-state index in [1.165, 1.54) is 174 Å². The largest absolute Gasteiger partial charge is 0.481 e. The lowest BCUT2D eigenvalue weighted by molar-refractivity contribution is -0.141. The van der Waals surface area contributed by atoms with Gasteiger partial charge in [0.25, 0.3) is 0 Å². The molecular weight excluding hydrogens is 735 g/mol. The van der Waals surface area contributed by atoms with E-state index in [4.69, 9.17) is 0 Å². The van der Waals surface area contributed by atoms with Gasteiger partial charge in [-0.15, -0.1) is 0 Å². The first-order valence-electron chi connectivity index (χ1n) is 25.8. The van der Waals surface area contributed by atoms with Crippen LogP contribution in [0.1, 0.15) is 220 Å². The van der Waals surface area contributed by atoms with Crippen LogP contribution in [0.3, 0.4) is 0 Å². The molecule has 1 fully saturated rings. The number of hydrogen-bond donors (Lipinski definition) is 1. The monoisotopic (exact) mass is 834 g/mol. The van der Waals surface area contributed by atoms with Gasteiger partial charge in [-0.05, 0) is 64.8 Å². The Morgan fingerprint density at radius 3 is 0.932 bits per heavy atom. The molecule has 0 radical (unpaired) electrons. The number of carbonyl (C=O) groups excluding carboxylic acids is 2. The molecule has 0 aliphatic carbocycles. The van der Waals surface area contributed by atoms with Gasteiger partial charge in [0.15, 0.2) is 0 Å². The first kappa shape index (κ1) is 55.3. The third-order valence-corrected chi connectivity index (χ3v) is 12.6. The standard InChI is InChI=1S/C50H99N5O4/c1-5-9-13-17-21-25-29-35-51(36-30-26-22-18-14-10-6-2)40-41-53(38-32-28-24-20-16-12-8-4)47-49(57)55-44-42-54(43-45-55)48(56)46-52(39-33-34-50(58)59)37-31-27-23-19-15-11-7-3/h5-47H2,1-4H3,(H,58,59). The summed E-state index contributed by atoms with van der Waals surface area (Å²) >= 11 is 0. The van der Waals surface area contributed by atoms with Gasteiger partial charge < -0.3 is 19.8 Å². The number of aliphatic carboxylic acids is 1. The summed E-state index contributed by atoms with van der Waals surface area (Å²) in [6.07, 6.45) is 36.9. The van der Waals surface area contributed by atoms with Gasteiger partial charge in [0.1, 0.15) is 0 Å². The molecule has 1 aliphatic rings. The van der Waals surface area contributed by atoms with Crippen LogP contribution in [-0.2, 0) is 14.4 Å². The van der Waals surface area contributed by atoms with Crippen LogP contribution in [0, 0.1) is 0 Å². The lowest BCUT2D eigenvalue weighted by Crippen LogP contribution is -2.54. The topological polar surface area (TPSA) is 87.6 Å². The van der Waals surface area contributed by atoms with E-state index in [2.05, 4.69) is 42.4 Å². The summed E-state index contributed by atoms with van der Waals surface area (Å²) in [5.41, 5.74) is 0. The van der Waals surface area contributed by atoms with Crippen LogP contribution in [-0.4, -0.2) is 132 Å². The SMILES string of the molecule is CCCCCCCCCN(CCCCCCCCC)CCN(CCCCCCCCC)CC(=O)N1CCN(C(=O)CN(CCCCCCCCC)CCCC(=O)O)CC1. The van der Waals surface area contributed by atoms with Gasteiger partial charge in [-0.3, -0.25) is 24.2 Å². The van der Waals surface area contributed by atoms with Gasteiger partial charge >= 0.3 is 5.97 Å². The average molecular weight is 834 g/mol. The van der Waals surface area contributed by atoms with Gasteiger partial charge in [0.05, 0.1) is 13.1 Å². The van der Waals surface area contributed by atoms with Crippen molar-refractivity contribution in [2.75, 3.05) is 85.1 Å². The number of piperazine rings is 1. The van der Waals surface area contributed by atoms with E-state index >= 15 is 0 Å². The third kappa shape index (κ3) is 32.6. The minimum Gasteiger partial charge on any atom is -0.481 e. The molecule has 0 aromatic heterocycles. The fourth-order valence-corrected chi connectivity index (χ4v) is 8.57. The number of carboxylic acid groups (broad SMARTS) is 1. The molecule has 0 unspecified atom stereocenters. The van der Waals surface area contributed by atoms with Crippen LogP contribution in [0.2, 0.25) is 0 Å². The van der Waals surface area contributed by atoms with Crippen molar-refractivity contribution in [2.24, 2.45) is 0 Å². The second kappa shape index (κ2) is 40.4. The summed E-state index contributed by atoms with van der Waals surface area (Å²) in [7, 11) is 0. The number of hydrogen-bond acceptors (Lipinski definition) is 6. The number of rotatable bonds is 43. The second-order valence-corrected chi connectivity index (χ2v) is 18.1. The van der Waals surface area contributed by atoms with Crippen molar-refractivity contribution >= 4 is 17.8 Å². The van der Waals surface area contributed by atoms with Crippen molar-refractivity contribution in [1.29, 1.82) is 0 Å². The van der Waals surface area contributed by atoms with Crippen molar-refractivity contribution < 1.29 is 19.5 Å². The van der Waals surface area contributed by atoms with Gasteiger partial charge in [0.2, 0.25) is 11.8 Å². The Morgan fingerprint density at radius 1 is 0.356 bits per heavy atom. The third-order valence-electron chi connectivity index (χ3n) is 12.6. The Balaban J connectivity index is 2.76. The highest BCUT2D eigenvalue weighted by atomic mass is 16.4. The minimum atomic E-state index is -0.779. The molecule has 0 bridgehead atoms. The normalized spacial score (nSPS) is 13.4. The zero-order valence-corrected chi connectivity index (χ0v) is 39.8. The number of carboxylic acids is 1. The number of unbranched alkanes of at least 4 members (excludes halogenated alkanes) is 24. The maximum atomic E-state index is 13.9. The van der Waals surface area contributed by atoms with Crippen LogP contribution >= 0.6 is 0 Å². The zero-order chi connectivity index (χ0) is 43.0. The summed E-state index contributed by atoms with van der Waals surface area (Å²) in [6.45, 7) is 19.0. The summed E-state index contributed by atoms with van der Waals surface area (Å²) in [5.74, 6) is -0.462. The quantitative estimate of drug-likeness (QED) is 0.0612. The number of carbonyl (C=O) groups is 3. The molecule has 0 saturated carbocycles. The molecule has 9 heteroatoms. The molecule has 0 aromatic carbocycles. The summed E-state index contributed by atoms with van der Waals surface area (Å²) in [5, 5.41) is 9.20. The molecule has 1 heterocycles. The summed E-state index contributed by atoms with van der Waals surface area (Å²) in [6, 6.07) is 0. The average Bonchev–Trinajstić information content (AvgIpc) is 3.23. The van der Waals surface area contributed by atoms with E-state index in [9.17, 15) is 19.5 Å². The van der Waals surface area contributed by atoms with Crippen molar-refractivity contribution in [1.82, 2.24) is 24.5 Å². The van der Waals surface area contributed by atoms with Crippen LogP contribution in [0.5, 0.6) is 0 Å². The first-order valence-corrected chi connectivity index (χ1v) is 25.8. The van der Waals surface area contributed by atoms with Gasteiger partial charge in [-0.25, -0.2) is 0 Å². The molecule has 1 N–H and O–H groups in total. The Morgan fingerprint density at radius 2 is 0.610 bits per heavy atom. The van der Waals surface area contributed by atoms with Crippen molar-refractivity contribution in [3.63, 3.8) is 0 Å². The van der Waals surface area contributed by atoms with Gasteiger partial charge in [0, 0.05) is 45.7 Å². The Kier molecular flexibility index (Phi) is 37.8. The van der Waals surface area contributed by atoms with E-state index in [0.717, 1.165) is 45.4 Å². The fraction of sp³-hybridized carbons (Fsp3) is 0.940. The molecule has 9 nitrogen and oxygen atoms in total. The van der Waals surface area contributed by atoms with Crippen molar-refractivity contribution in [3.05, 3.63) is 0 Å². The fourth-order valence-electron chi connectivity index (χ4n) is 8.57. The number of amides is 2. The van der Waals surface area contributed by atoms with Crippen molar-refractivity contribution in [2.45, 2.75) is 220 Å². The molecule has 348 valence electrons. The molecule has 1 rings (SSSR count). The molecule has 1 saturated heterocycles. The van der Waals surface area contributed by atoms with Crippen LogP contribution in [0.4, 0.5) is 0 Å². The molecule has 1 aliphatic heterocycles. The minimum absolute atomic E-state index is 0.109. The second-order valence-electron chi connectivity index (χ2n) is 18.1. The van der Waals surface area contributed by atoms with E-state index in [1.807, 2.05) is 9.80 Å². The van der Waals surface area contributed by atoms with Gasteiger partial charge in [-0.1, -0.05) is 182 Å². The van der Waals surface area contributed by atoms with Crippen molar-refractivity contribution in [3.8, 4) is 0 Å². The molecule has 0 atom stereocenters. The maximum absolute atomic E-state index is 13.9. The molecule has 0 aromatic rings. The molecule has 59 heavy (non-hydrogen) atoms. The predicted molar refractivity (Wildman–Crippen MR) is 251 cm³/mol. The Labute approximate surface area is 366 Å². The van der Waals surface area contributed by atoms with Gasteiger partial charge in [-0.2, -0.15) is 0 Å². The Hall–Kier alpha value is -1.71. The maximum Gasteiger partial charge on any atom is 0.303 e. The highest BCUT2D eigenvalue weighted by molar-refractivity contribution is 5.80. The van der Waals surface area contributed by atoms with E-state index in [-0.39, 0.29) is 18.2 Å². The molecule has 2 amide bonds. The lowest BCUT2D eigenvalue weighted by atomic mass is 10.1. The van der Waals surface area contributed by atoms with E-state index in [0.29, 0.717) is 52.2 Å². The number of nitrogens with zero attached hydrogens (tertiary/aromatic N) is 5. The molecular formula is C50H99N5O4. The van der Waals surface area contributed by atoms with Crippen LogP contribution in [0.25, 0.3) is 0 Å². The van der Waals surface area contributed by atoms with Crippen LogP contribution < -0.4 is 0 Å². The predicted octanol–water partition coefficient (Wildman–Crippen LogP) is 11.4. The smallest absolute Gasteiger partial charge is 0.303 e. The van der Waals surface area contributed by atoms with Crippen LogP contribution in [0.15, 0.2) is 0 Å². The summed E-state index contributed by atoms with van der Waals surface area (Å²) in [4.78, 5) is 49.8. The summed E-state index contributed by atoms with van der Waals surface area (Å²) < 4.78 is 0. The van der Waals surface area contributed by atoms with E-state index < -0.39 is 5.97 Å².